The lowest BCUT2D eigenvalue weighted by Crippen LogP contribution is -2.48. The van der Waals surface area contributed by atoms with E-state index in [-0.39, 0.29) is 23.1 Å². The van der Waals surface area contributed by atoms with Gasteiger partial charge in [0.25, 0.3) is 0 Å². The van der Waals surface area contributed by atoms with E-state index in [4.69, 9.17) is 4.74 Å². The first kappa shape index (κ1) is 14.3. The largest absolute Gasteiger partial charge is 0.377 e. The summed E-state index contributed by atoms with van der Waals surface area (Å²) >= 11 is 0. The van der Waals surface area contributed by atoms with E-state index in [0.29, 0.717) is 0 Å². The molecule has 1 aliphatic carbocycles. The maximum Gasteiger partial charge on any atom is 0.157 e. The zero-order valence-electron chi connectivity index (χ0n) is 11.2. The molecule has 1 heterocycles. The second-order valence-electron chi connectivity index (χ2n) is 5.45. The molecule has 1 saturated carbocycles. The molecule has 1 aliphatic heterocycles. The van der Waals surface area contributed by atoms with Crippen molar-refractivity contribution in [2.75, 3.05) is 18.9 Å². The van der Waals surface area contributed by atoms with Crippen molar-refractivity contribution in [3.05, 3.63) is 0 Å². The Balaban J connectivity index is 2.01. The maximum absolute atomic E-state index is 12.5. The van der Waals surface area contributed by atoms with Gasteiger partial charge < -0.3 is 10.1 Å². The quantitative estimate of drug-likeness (QED) is 0.826. The molecule has 4 nitrogen and oxygen atoms in total. The molecule has 0 spiro atoms. The van der Waals surface area contributed by atoms with Gasteiger partial charge in [0, 0.05) is 12.6 Å². The molecular weight excluding hydrogens is 250 g/mol. The number of hydrogen-bond donors (Lipinski definition) is 1. The van der Waals surface area contributed by atoms with Crippen molar-refractivity contribution in [3.63, 3.8) is 0 Å². The van der Waals surface area contributed by atoms with Crippen LogP contribution in [0.15, 0.2) is 0 Å². The van der Waals surface area contributed by atoms with E-state index in [9.17, 15) is 8.42 Å². The van der Waals surface area contributed by atoms with Crippen LogP contribution < -0.4 is 5.32 Å². The van der Waals surface area contributed by atoms with Gasteiger partial charge in [-0.2, -0.15) is 0 Å². The standard InChI is InChI=1S/C13H25NO3S/c1-2-14-12-7-3-4-8-13(12)18(15,16)10-11-6-5-9-17-11/h11-14H,2-10H2,1H3. The fourth-order valence-electron chi connectivity index (χ4n) is 3.18. The highest BCUT2D eigenvalue weighted by Crippen LogP contribution is 2.27. The maximum atomic E-state index is 12.5. The van der Waals surface area contributed by atoms with Gasteiger partial charge in [-0.05, 0) is 32.2 Å². The SMILES string of the molecule is CCNC1CCCCC1S(=O)(=O)CC1CCCO1. The Kier molecular flexibility index (Phi) is 5.04. The molecule has 1 N–H and O–H groups in total. The summed E-state index contributed by atoms with van der Waals surface area (Å²) in [7, 11) is -3.03. The van der Waals surface area contributed by atoms with Crippen LogP contribution in [0.5, 0.6) is 0 Å². The van der Waals surface area contributed by atoms with Gasteiger partial charge in [0.15, 0.2) is 9.84 Å². The monoisotopic (exact) mass is 275 g/mol. The van der Waals surface area contributed by atoms with E-state index in [1.54, 1.807) is 0 Å². The third-order valence-electron chi connectivity index (χ3n) is 4.07. The smallest absolute Gasteiger partial charge is 0.157 e. The second kappa shape index (κ2) is 6.35. The highest BCUT2D eigenvalue weighted by Gasteiger charge is 2.37. The molecular formula is C13H25NO3S. The minimum Gasteiger partial charge on any atom is -0.377 e. The third-order valence-corrected chi connectivity index (χ3v) is 6.40. The number of nitrogens with one attached hydrogen (secondary N) is 1. The summed E-state index contributed by atoms with van der Waals surface area (Å²) in [5.74, 6) is 0.222. The fourth-order valence-corrected chi connectivity index (χ4v) is 5.47. The van der Waals surface area contributed by atoms with Crippen molar-refractivity contribution < 1.29 is 13.2 Å². The normalized spacial score (nSPS) is 33.7. The van der Waals surface area contributed by atoms with Gasteiger partial charge in [-0.3, -0.25) is 0 Å². The summed E-state index contributed by atoms with van der Waals surface area (Å²) in [5, 5.41) is 3.15. The van der Waals surface area contributed by atoms with Gasteiger partial charge in [0.2, 0.25) is 0 Å². The van der Waals surface area contributed by atoms with Crippen LogP contribution in [-0.4, -0.2) is 44.7 Å². The van der Waals surface area contributed by atoms with Gasteiger partial charge in [0.05, 0.1) is 17.1 Å². The molecule has 2 aliphatic rings. The molecule has 0 aromatic rings. The van der Waals surface area contributed by atoms with Crippen LogP contribution in [0.3, 0.4) is 0 Å². The Morgan fingerprint density at radius 1 is 1.17 bits per heavy atom. The summed E-state index contributed by atoms with van der Waals surface area (Å²) < 4.78 is 30.5. The van der Waals surface area contributed by atoms with Crippen molar-refractivity contribution in [2.24, 2.45) is 0 Å². The molecule has 3 unspecified atom stereocenters. The van der Waals surface area contributed by atoms with Crippen LogP contribution in [0.25, 0.3) is 0 Å². The van der Waals surface area contributed by atoms with Crippen molar-refractivity contribution in [1.82, 2.24) is 5.32 Å². The van der Waals surface area contributed by atoms with Crippen LogP contribution in [0.4, 0.5) is 0 Å². The topological polar surface area (TPSA) is 55.4 Å². The minimum atomic E-state index is -3.03. The average molecular weight is 275 g/mol. The van der Waals surface area contributed by atoms with Crippen LogP contribution in [-0.2, 0) is 14.6 Å². The Morgan fingerprint density at radius 3 is 2.61 bits per heavy atom. The Bertz CT molecular complexity index is 347. The molecule has 2 rings (SSSR count). The number of ether oxygens (including phenoxy) is 1. The molecule has 3 atom stereocenters. The van der Waals surface area contributed by atoms with Crippen molar-refractivity contribution in [1.29, 1.82) is 0 Å². The van der Waals surface area contributed by atoms with Crippen molar-refractivity contribution >= 4 is 9.84 Å². The highest BCUT2D eigenvalue weighted by atomic mass is 32.2. The van der Waals surface area contributed by atoms with Gasteiger partial charge >= 0.3 is 0 Å². The van der Waals surface area contributed by atoms with Crippen molar-refractivity contribution in [3.8, 4) is 0 Å². The van der Waals surface area contributed by atoms with Crippen LogP contribution in [0, 0.1) is 0 Å². The summed E-state index contributed by atoms with van der Waals surface area (Å²) in [5.41, 5.74) is 0. The molecule has 0 aromatic carbocycles. The molecule has 0 aromatic heterocycles. The van der Waals surface area contributed by atoms with E-state index in [1.807, 2.05) is 6.92 Å². The van der Waals surface area contributed by atoms with E-state index < -0.39 is 9.84 Å². The first-order valence-electron chi connectivity index (χ1n) is 7.20. The summed E-state index contributed by atoms with van der Waals surface area (Å²) in [6.45, 7) is 3.61. The second-order valence-corrected chi connectivity index (χ2v) is 7.72. The molecule has 18 heavy (non-hydrogen) atoms. The van der Waals surface area contributed by atoms with Gasteiger partial charge in [-0.1, -0.05) is 19.8 Å². The Morgan fingerprint density at radius 2 is 1.94 bits per heavy atom. The van der Waals surface area contributed by atoms with E-state index in [0.717, 1.165) is 51.7 Å². The molecule has 2 fully saturated rings. The molecule has 1 saturated heterocycles. The molecule has 0 radical (unpaired) electrons. The van der Waals surface area contributed by atoms with Gasteiger partial charge in [0.1, 0.15) is 0 Å². The molecule has 0 amide bonds. The predicted octanol–water partition coefficient (Wildman–Crippen LogP) is 1.50. The zero-order chi connectivity index (χ0) is 13.0. The fraction of sp³-hybridized carbons (Fsp3) is 1.00. The summed E-state index contributed by atoms with van der Waals surface area (Å²) in [6, 6.07) is 0.148. The third kappa shape index (κ3) is 3.45. The van der Waals surface area contributed by atoms with E-state index in [1.165, 1.54) is 0 Å². The van der Waals surface area contributed by atoms with Crippen LogP contribution in [0.1, 0.15) is 45.4 Å². The lowest BCUT2D eigenvalue weighted by molar-refractivity contribution is 0.127. The van der Waals surface area contributed by atoms with Gasteiger partial charge in [-0.15, -0.1) is 0 Å². The first-order chi connectivity index (χ1) is 8.63. The number of hydrogen-bond acceptors (Lipinski definition) is 4. The first-order valence-corrected chi connectivity index (χ1v) is 8.91. The minimum absolute atomic E-state index is 0.0563. The predicted molar refractivity (Wildman–Crippen MR) is 72.5 cm³/mol. The zero-order valence-corrected chi connectivity index (χ0v) is 12.0. The van der Waals surface area contributed by atoms with Gasteiger partial charge in [-0.25, -0.2) is 8.42 Å². The molecule has 5 heteroatoms. The van der Waals surface area contributed by atoms with Crippen LogP contribution in [0.2, 0.25) is 0 Å². The number of sulfone groups is 1. The Hall–Kier alpha value is -0.130. The molecule has 106 valence electrons. The summed E-state index contributed by atoms with van der Waals surface area (Å²) in [4.78, 5) is 0. The Labute approximate surface area is 110 Å². The average Bonchev–Trinajstić information content (AvgIpc) is 2.82. The summed E-state index contributed by atoms with van der Waals surface area (Å²) in [6.07, 6.45) is 5.83. The lowest BCUT2D eigenvalue weighted by atomic mass is 9.95. The molecule has 0 bridgehead atoms. The van der Waals surface area contributed by atoms with Crippen LogP contribution >= 0.6 is 0 Å². The number of rotatable bonds is 5. The van der Waals surface area contributed by atoms with Crippen molar-refractivity contribution in [2.45, 2.75) is 62.8 Å². The lowest BCUT2D eigenvalue weighted by Gasteiger charge is -2.32. The van der Waals surface area contributed by atoms with E-state index >= 15 is 0 Å². The van der Waals surface area contributed by atoms with E-state index in [2.05, 4.69) is 5.32 Å². The highest BCUT2D eigenvalue weighted by molar-refractivity contribution is 7.92.